The van der Waals surface area contributed by atoms with Gasteiger partial charge in [0.15, 0.2) is 5.78 Å². The van der Waals surface area contributed by atoms with Crippen LogP contribution in [0.1, 0.15) is 6.42 Å². The maximum absolute atomic E-state index is 11.2. The number of hydrogen-bond donors (Lipinski definition) is 0. The van der Waals surface area contributed by atoms with E-state index in [0.29, 0.717) is 12.0 Å². The lowest BCUT2D eigenvalue weighted by Crippen LogP contribution is -2.11. The van der Waals surface area contributed by atoms with Gasteiger partial charge in [-0.2, -0.15) is 0 Å². The Labute approximate surface area is 80.1 Å². The third-order valence-electron chi connectivity index (χ3n) is 1.15. The monoisotopic (exact) mass is 234 g/mol. The van der Waals surface area contributed by atoms with Crippen LogP contribution in [-0.4, -0.2) is 16.2 Å². The third kappa shape index (κ3) is 3.77. The second kappa shape index (κ2) is 5.61. The van der Waals surface area contributed by atoms with Crippen LogP contribution in [0.5, 0.6) is 0 Å². The van der Waals surface area contributed by atoms with Crippen LogP contribution in [0.4, 0.5) is 0 Å². The molecule has 0 saturated carbocycles. The smallest absolute Gasteiger partial charge is 0.182 e. The largest absolute Gasteiger partial charge is 0.292 e. The van der Waals surface area contributed by atoms with Crippen molar-refractivity contribution in [1.29, 1.82) is 0 Å². The molecule has 0 aromatic rings. The van der Waals surface area contributed by atoms with Crippen molar-refractivity contribution < 1.29 is 4.79 Å². The summed E-state index contributed by atoms with van der Waals surface area (Å²) in [6, 6.07) is 0. The van der Waals surface area contributed by atoms with Crippen molar-refractivity contribution in [3.05, 3.63) is 24.8 Å². The van der Waals surface area contributed by atoms with Crippen molar-refractivity contribution in [2.75, 3.05) is 6.26 Å². The Bertz CT molecular complexity index is 177. The molecular formula is C8H11BrOS. The zero-order valence-corrected chi connectivity index (χ0v) is 8.87. The van der Waals surface area contributed by atoms with E-state index in [1.165, 1.54) is 11.8 Å². The number of halogens is 1. The van der Waals surface area contributed by atoms with E-state index in [2.05, 4.69) is 29.1 Å². The number of rotatable bonds is 5. The zero-order chi connectivity index (χ0) is 8.85. The lowest BCUT2D eigenvalue weighted by atomic mass is 10.1. The minimum atomic E-state index is -0.157. The number of Topliss-reactive ketones (excluding diaryl/α,β-unsaturated/α-hetero) is 1. The Hall–Kier alpha value is -0.0200. The molecule has 0 aromatic heterocycles. The number of carbonyl (C=O) groups excluding carboxylic acids is 1. The Balaban J connectivity index is 4.02. The number of ketones is 1. The van der Waals surface area contributed by atoms with Crippen molar-refractivity contribution in [3.8, 4) is 0 Å². The Morgan fingerprint density at radius 3 is 2.73 bits per heavy atom. The molecule has 0 aliphatic rings. The lowest BCUT2D eigenvalue weighted by Gasteiger charge is -2.05. The molecule has 3 heteroatoms. The molecule has 0 aliphatic heterocycles. The quantitative estimate of drug-likeness (QED) is 0.414. The Morgan fingerprint density at radius 2 is 2.36 bits per heavy atom. The van der Waals surface area contributed by atoms with E-state index >= 15 is 0 Å². The number of thioether (sulfide) groups is 1. The summed E-state index contributed by atoms with van der Waals surface area (Å²) in [5.74, 6) is 0.0531. The van der Waals surface area contributed by atoms with Gasteiger partial charge >= 0.3 is 0 Å². The van der Waals surface area contributed by atoms with Crippen LogP contribution < -0.4 is 0 Å². The number of hydrogen-bond acceptors (Lipinski definition) is 2. The summed E-state index contributed by atoms with van der Waals surface area (Å²) in [6.45, 7) is 7.18. The molecule has 1 atom stereocenters. The molecule has 1 nitrogen and oxygen atoms in total. The molecule has 62 valence electrons. The number of allylic oxidation sites excluding steroid dienone is 2. The highest BCUT2D eigenvalue weighted by molar-refractivity contribution is 9.11. The molecule has 0 heterocycles. The SMILES string of the molecule is C=CCC(=C)C(=O)C(Br)SC. The van der Waals surface area contributed by atoms with Gasteiger partial charge in [0.05, 0.1) is 0 Å². The van der Waals surface area contributed by atoms with E-state index in [4.69, 9.17) is 0 Å². The first kappa shape index (κ1) is 11.0. The molecule has 0 N–H and O–H groups in total. The van der Waals surface area contributed by atoms with E-state index in [9.17, 15) is 4.79 Å². The highest BCUT2D eigenvalue weighted by Gasteiger charge is 2.14. The van der Waals surface area contributed by atoms with Crippen molar-refractivity contribution in [1.82, 2.24) is 0 Å². The zero-order valence-electron chi connectivity index (χ0n) is 6.47. The first-order valence-corrected chi connectivity index (χ1v) is 5.33. The summed E-state index contributed by atoms with van der Waals surface area (Å²) in [4.78, 5) is 11.2. The predicted octanol–water partition coefficient (Wildman–Crippen LogP) is 2.77. The molecule has 0 rings (SSSR count). The maximum Gasteiger partial charge on any atom is 0.182 e. The van der Waals surface area contributed by atoms with Crippen molar-refractivity contribution in [2.45, 2.75) is 10.6 Å². The molecule has 0 radical (unpaired) electrons. The van der Waals surface area contributed by atoms with Gasteiger partial charge in [0, 0.05) is 0 Å². The number of alkyl halides is 1. The average molecular weight is 235 g/mol. The first-order chi connectivity index (χ1) is 5.13. The fraction of sp³-hybridized carbons (Fsp3) is 0.375. The van der Waals surface area contributed by atoms with Gasteiger partial charge in [-0.05, 0) is 18.2 Å². The summed E-state index contributed by atoms with van der Waals surface area (Å²) in [5.41, 5.74) is 0.608. The normalized spacial score (nSPS) is 12.2. The lowest BCUT2D eigenvalue weighted by molar-refractivity contribution is -0.113. The highest BCUT2D eigenvalue weighted by atomic mass is 79.9. The van der Waals surface area contributed by atoms with Crippen LogP contribution in [0.3, 0.4) is 0 Å². The van der Waals surface area contributed by atoms with Gasteiger partial charge in [0.2, 0.25) is 0 Å². The molecule has 1 unspecified atom stereocenters. The molecular weight excluding hydrogens is 224 g/mol. The second-order valence-electron chi connectivity index (χ2n) is 2.01. The van der Waals surface area contributed by atoms with Gasteiger partial charge in [0.1, 0.15) is 4.16 Å². The number of carbonyl (C=O) groups is 1. The van der Waals surface area contributed by atoms with E-state index in [1.54, 1.807) is 6.08 Å². The van der Waals surface area contributed by atoms with Crippen LogP contribution in [0.2, 0.25) is 0 Å². The topological polar surface area (TPSA) is 17.1 Å². The van der Waals surface area contributed by atoms with E-state index in [1.807, 2.05) is 6.26 Å². The fourth-order valence-corrected chi connectivity index (χ4v) is 1.25. The van der Waals surface area contributed by atoms with Crippen LogP contribution in [-0.2, 0) is 4.79 Å². The van der Waals surface area contributed by atoms with Crippen molar-refractivity contribution in [2.24, 2.45) is 0 Å². The molecule has 0 bridgehead atoms. The van der Waals surface area contributed by atoms with Gasteiger partial charge < -0.3 is 0 Å². The van der Waals surface area contributed by atoms with E-state index in [0.717, 1.165) is 0 Å². The van der Waals surface area contributed by atoms with Crippen LogP contribution in [0.25, 0.3) is 0 Å². The third-order valence-corrected chi connectivity index (χ3v) is 3.32. The molecule has 0 saturated heterocycles. The average Bonchev–Trinajstić information content (AvgIpc) is 2.02. The summed E-state index contributed by atoms with van der Waals surface area (Å²) < 4.78 is -0.157. The summed E-state index contributed by atoms with van der Waals surface area (Å²) in [7, 11) is 0. The van der Waals surface area contributed by atoms with E-state index < -0.39 is 0 Å². The summed E-state index contributed by atoms with van der Waals surface area (Å²) >= 11 is 4.69. The minimum Gasteiger partial charge on any atom is -0.292 e. The molecule has 0 spiro atoms. The van der Waals surface area contributed by atoms with Crippen LogP contribution >= 0.6 is 27.7 Å². The van der Waals surface area contributed by atoms with Gasteiger partial charge in [-0.15, -0.1) is 18.3 Å². The fourth-order valence-electron chi connectivity index (χ4n) is 0.542. The van der Waals surface area contributed by atoms with Gasteiger partial charge in [-0.1, -0.05) is 28.6 Å². The molecule has 0 aromatic carbocycles. The maximum atomic E-state index is 11.2. The second-order valence-corrected chi connectivity index (χ2v) is 4.48. The predicted molar refractivity (Wildman–Crippen MR) is 55.2 cm³/mol. The van der Waals surface area contributed by atoms with Gasteiger partial charge in [-0.3, -0.25) is 4.79 Å². The molecule has 0 amide bonds. The van der Waals surface area contributed by atoms with Crippen molar-refractivity contribution in [3.63, 3.8) is 0 Å². The Morgan fingerprint density at radius 1 is 1.82 bits per heavy atom. The standard InChI is InChI=1S/C8H11BrOS/c1-4-5-6(2)7(10)8(9)11-3/h4,8H,1-2,5H2,3H3. The highest BCUT2D eigenvalue weighted by Crippen LogP contribution is 2.19. The van der Waals surface area contributed by atoms with E-state index in [-0.39, 0.29) is 9.94 Å². The molecule has 11 heavy (non-hydrogen) atoms. The summed E-state index contributed by atoms with van der Waals surface area (Å²) in [6.07, 6.45) is 4.13. The first-order valence-electron chi connectivity index (χ1n) is 3.13. The van der Waals surface area contributed by atoms with Gasteiger partial charge in [0.25, 0.3) is 0 Å². The Kier molecular flexibility index (Phi) is 5.60. The van der Waals surface area contributed by atoms with Crippen LogP contribution in [0, 0.1) is 0 Å². The van der Waals surface area contributed by atoms with Crippen LogP contribution in [0.15, 0.2) is 24.8 Å². The van der Waals surface area contributed by atoms with Gasteiger partial charge in [-0.25, -0.2) is 0 Å². The molecule has 0 fully saturated rings. The summed E-state index contributed by atoms with van der Waals surface area (Å²) in [5, 5.41) is 0. The molecule has 0 aliphatic carbocycles. The van der Waals surface area contributed by atoms with Crippen molar-refractivity contribution >= 4 is 33.5 Å². The minimum absolute atomic E-state index is 0.0531.